The van der Waals surface area contributed by atoms with Crippen molar-refractivity contribution in [1.29, 1.82) is 0 Å². The van der Waals surface area contributed by atoms with Crippen molar-refractivity contribution in [2.24, 2.45) is 10.9 Å². The first-order valence-corrected chi connectivity index (χ1v) is 10.6. The number of aliphatic imine (C=N–C) groups is 1. The zero-order valence-corrected chi connectivity index (χ0v) is 18.1. The van der Waals surface area contributed by atoms with E-state index in [-0.39, 0.29) is 6.04 Å². The number of para-hydroxylation sites is 2. The molecule has 2 atom stereocenters. The molecule has 2 aromatic rings. The Morgan fingerprint density at radius 3 is 2.21 bits per heavy atom. The van der Waals surface area contributed by atoms with Crippen LogP contribution in [0.15, 0.2) is 47.5 Å². The third-order valence-corrected chi connectivity index (χ3v) is 5.76. The van der Waals surface area contributed by atoms with E-state index >= 15 is 0 Å². The van der Waals surface area contributed by atoms with Gasteiger partial charge < -0.3 is 10.1 Å². The number of nitrogens with zero attached hydrogens (tertiary/aromatic N) is 1. The van der Waals surface area contributed by atoms with Gasteiger partial charge in [0.05, 0.1) is 17.3 Å². The lowest BCUT2D eigenvalue weighted by Crippen LogP contribution is -2.16. The topological polar surface area (TPSA) is 33.6 Å². The molecule has 1 heterocycles. The van der Waals surface area contributed by atoms with Gasteiger partial charge in [0, 0.05) is 5.69 Å². The second kappa shape index (κ2) is 8.81. The molecule has 3 rings (SSSR count). The highest BCUT2D eigenvalue weighted by molar-refractivity contribution is 6.01. The summed E-state index contributed by atoms with van der Waals surface area (Å²) in [6, 6.07) is 15.2. The molecule has 0 saturated carbocycles. The minimum Gasteiger partial charge on any atom is -0.475 e. The van der Waals surface area contributed by atoms with Crippen LogP contribution >= 0.6 is 0 Å². The molecule has 0 radical (unpaired) electrons. The number of rotatable bonds is 7. The second-order valence-corrected chi connectivity index (χ2v) is 8.49. The van der Waals surface area contributed by atoms with E-state index in [0.29, 0.717) is 24.4 Å². The van der Waals surface area contributed by atoms with Crippen LogP contribution < -0.4 is 5.32 Å². The SMILES string of the molecule is CCC(C)[C@H]1COC(c2ccccc2Nc2c(C(C)C)cccc2C(C)C)=N1. The summed E-state index contributed by atoms with van der Waals surface area (Å²) in [5.74, 6) is 2.19. The average Bonchev–Trinajstić information content (AvgIpc) is 3.17. The lowest BCUT2D eigenvalue weighted by Gasteiger charge is -2.22. The molecular weight excluding hydrogens is 344 g/mol. The molecular formula is C25H34N2O. The van der Waals surface area contributed by atoms with E-state index in [1.807, 2.05) is 0 Å². The molecule has 1 aliphatic heterocycles. The van der Waals surface area contributed by atoms with Gasteiger partial charge in [-0.3, -0.25) is 0 Å². The molecule has 3 heteroatoms. The third kappa shape index (κ3) is 4.24. The Kier molecular flexibility index (Phi) is 6.43. The number of nitrogens with one attached hydrogen (secondary N) is 1. The third-order valence-electron chi connectivity index (χ3n) is 5.76. The molecule has 3 nitrogen and oxygen atoms in total. The molecule has 0 spiro atoms. The van der Waals surface area contributed by atoms with Gasteiger partial charge in [-0.05, 0) is 41.0 Å². The largest absolute Gasteiger partial charge is 0.475 e. The molecule has 0 amide bonds. The Balaban J connectivity index is 2.00. The van der Waals surface area contributed by atoms with Gasteiger partial charge in [-0.25, -0.2) is 4.99 Å². The molecule has 1 N–H and O–H groups in total. The van der Waals surface area contributed by atoms with Gasteiger partial charge in [0.15, 0.2) is 0 Å². The van der Waals surface area contributed by atoms with Crippen molar-refractivity contribution in [2.75, 3.05) is 11.9 Å². The van der Waals surface area contributed by atoms with Gasteiger partial charge in [-0.2, -0.15) is 0 Å². The number of anilines is 2. The molecule has 1 aliphatic rings. The van der Waals surface area contributed by atoms with Gasteiger partial charge in [0.1, 0.15) is 6.61 Å². The zero-order valence-electron chi connectivity index (χ0n) is 18.1. The zero-order chi connectivity index (χ0) is 20.3. The van der Waals surface area contributed by atoms with E-state index in [1.165, 1.54) is 16.8 Å². The van der Waals surface area contributed by atoms with Crippen LogP contribution in [-0.4, -0.2) is 18.5 Å². The lowest BCUT2D eigenvalue weighted by molar-refractivity contribution is 0.282. The quantitative estimate of drug-likeness (QED) is 0.570. The van der Waals surface area contributed by atoms with Gasteiger partial charge >= 0.3 is 0 Å². The van der Waals surface area contributed by atoms with E-state index in [1.54, 1.807) is 0 Å². The Bertz CT molecular complexity index is 812. The number of hydrogen-bond acceptors (Lipinski definition) is 3. The van der Waals surface area contributed by atoms with E-state index in [0.717, 1.165) is 23.6 Å². The Morgan fingerprint density at radius 1 is 0.964 bits per heavy atom. The lowest BCUT2D eigenvalue weighted by atomic mass is 9.92. The molecule has 0 saturated heterocycles. The van der Waals surface area contributed by atoms with Gasteiger partial charge in [-0.1, -0.05) is 78.3 Å². The van der Waals surface area contributed by atoms with Crippen LogP contribution in [0.2, 0.25) is 0 Å². The first kappa shape index (κ1) is 20.4. The summed E-state index contributed by atoms with van der Waals surface area (Å²) in [5, 5.41) is 3.75. The van der Waals surface area contributed by atoms with Gasteiger partial charge in [0.25, 0.3) is 0 Å². The highest BCUT2D eigenvalue weighted by Crippen LogP contribution is 2.36. The normalized spacial score (nSPS) is 17.6. The fourth-order valence-electron chi connectivity index (χ4n) is 3.71. The monoisotopic (exact) mass is 378 g/mol. The van der Waals surface area contributed by atoms with Crippen molar-refractivity contribution in [3.8, 4) is 0 Å². The first-order chi connectivity index (χ1) is 13.4. The van der Waals surface area contributed by atoms with Crippen molar-refractivity contribution in [3.63, 3.8) is 0 Å². The predicted octanol–water partition coefficient (Wildman–Crippen LogP) is 6.87. The van der Waals surface area contributed by atoms with E-state index in [2.05, 4.69) is 89.3 Å². The molecule has 28 heavy (non-hydrogen) atoms. The van der Waals surface area contributed by atoms with Crippen molar-refractivity contribution >= 4 is 17.3 Å². The highest BCUT2D eigenvalue weighted by atomic mass is 16.5. The standard InChI is InChI=1S/C25H34N2O/c1-7-18(6)23-15-28-25(27-23)21-11-8-9-14-22(21)26-24-19(16(2)3)12-10-13-20(24)17(4)5/h8-14,16-18,23,26H,7,15H2,1-6H3/t18?,23-/m1/s1. The summed E-state index contributed by atoms with van der Waals surface area (Å²) in [4.78, 5) is 4.90. The van der Waals surface area contributed by atoms with Crippen molar-refractivity contribution < 1.29 is 4.74 Å². The number of hydrogen-bond donors (Lipinski definition) is 1. The van der Waals surface area contributed by atoms with E-state index < -0.39 is 0 Å². The van der Waals surface area contributed by atoms with Crippen LogP contribution in [0.3, 0.4) is 0 Å². The van der Waals surface area contributed by atoms with Crippen LogP contribution in [0.4, 0.5) is 11.4 Å². The van der Waals surface area contributed by atoms with Crippen LogP contribution in [0, 0.1) is 5.92 Å². The minimum absolute atomic E-state index is 0.252. The second-order valence-electron chi connectivity index (χ2n) is 8.49. The summed E-state index contributed by atoms with van der Waals surface area (Å²) in [7, 11) is 0. The Labute approximate surface area is 170 Å². The van der Waals surface area contributed by atoms with E-state index in [4.69, 9.17) is 9.73 Å². The Hall–Kier alpha value is -2.29. The molecule has 0 fully saturated rings. The van der Waals surface area contributed by atoms with Crippen LogP contribution in [-0.2, 0) is 4.74 Å². The number of benzene rings is 2. The smallest absolute Gasteiger partial charge is 0.218 e. The maximum Gasteiger partial charge on any atom is 0.218 e. The fourth-order valence-corrected chi connectivity index (χ4v) is 3.71. The maximum absolute atomic E-state index is 6.02. The first-order valence-electron chi connectivity index (χ1n) is 10.6. The summed E-state index contributed by atoms with van der Waals surface area (Å²) >= 11 is 0. The summed E-state index contributed by atoms with van der Waals surface area (Å²) in [6.45, 7) is 14.1. The molecule has 150 valence electrons. The predicted molar refractivity (Wildman–Crippen MR) is 120 cm³/mol. The molecule has 0 aliphatic carbocycles. The van der Waals surface area contributed by atoms with Gasteiger partial charge in [-0.15, -0.1) is 0 Å². The number of ether oxygens (including phenoxy) is 1. The van der Waals surface area contributed by atoms with Gasteiger partial charge in [0.2, 0.25) is 5.90 Å². The van der Waals surface area contributed by atoms with Crippen molar-refractivity contribution in [2.45, 2.75) is 65.8 Å². The Morgan fingerprint density at radius 2 is 1.61 bits per heavy atom. The summed E-state index contributed by atoms with van der Waals surface area (Å²) in [6.07, 6.45) is 1.12. The summed E-state index contributed by atoms with van der Waals surface area (Å²) < 4.78 is 6.02. The van der Waals surface area contributed by atoms with Crippen LogP contribution in [0.5, 0.6) is 0 Å². The van der Waals surface area contributed by atoms with Crippen molar-refractivity contribution in [1.82, 2.24) is 0 Å². The van der Waals surface area contributed by atoms with E-state index in [9.17, 15) is 0 Å². The average molecular weight is 379 g/mol. The molecule has 2 aromatic carbocycles. The minimum atomic E-state index is 0.252. The molecule has 0 aromatic heterocycles. The van der Waals surface area contributed by atoms with Crippen LogP contribution in [0.1, 0.15) is 76.5 Å². The summed E-state index contributed by atoms with van der Waals surface area (Å²) in [5.41, 5.74) is 6.00. The highest BCUT2D eigenvalue weighted by Gasteiger charge is 2.26. The molecule has 1 unspecified atom stereocenters. The maximum atomic E-state index is 6.02. The van der Waals surface area contributed by atoms with Crippen LogP contribution in [0.25, 0.3) is 0 Å². The van der Waals surface area contributed by atoms with Crippen molar-refractivity contribution in [3.05, 3.63) is 59.2 Å². The molecule has 0 bridgehead atoms. The fraction of sp³-hybridized carbons (Fsp3) is 0.480.